The van der Waals surface area contributed by atoms with Crippen LogP contribution in [0.15, 0.2) is 12.1 Å². The fraction of sp³-hybridized carbons (Fsp3) is 0.625. The number of benzene rings is 1. The molecule has 0 aliphatic carbocycles. The van der Waals surface area contributed by atoms with Crippen LogP contribution in [0, 0.1) is 20.8 Å². The second-order valence-electron chi connectivity index (χ2n) is 5.98. The Morgan fingerprint density at radius 3 is 2.55 bits per heavy atom. The van der Waals surface area contributed by atoms with Crippen molar-refractivity contribution in [3.63, 3.8) is 0 Å². The van der Waals surface area contributed by atoms with E-state index in [9.17, 15) is 0 Å². The molecule has 20 heavy (non-hydrogen) atoms. The number of nitrogens with zero attached hydrogens (tertiary/aromatic N) is 1. The summed E-state index contributed by atoms with van der Waals surface area (Å²) in [7, 11) is 2.21. The van der Waals surface area contributed by atoms with Crippen LogP contribution in [0.5, 0.6) is 0 Å². The van der Waals surface area contributed by atoms with Crippen molar-refractivity contribution in [2.45, 2.75) is 39.3 Å². The van der Waals surface area contributed by atoms with E-state index in [2.05, 4.69) is 50.3 Å². The first-order valence-electron chi connectivity index (χ1n) is 7.33. The van der Waals surface area contributed by atoms with Crippen molar-refractivity contribution >= 4 is 11.8 Å². The van der Waals surface area contributed by atoms with Crippen LogP contribution < -0.4 is 11.3 Å². The van der Waals surface area contributed by atoms with Crippen LogP contribution in [0.3, 0.4) is 0 Å². The van der Waals surface area contributed by atoms with Crippen molar-refractivity contribution in [1.29, 1.82) is 0 Å². The van der Waals surface area contributed by atoms with Crippen molar-refractivity contribution in [2.24, 2.45) is 5.84 Å². The highest BCUT2D eigenvalue weighted by molar-refractivity contribution is 7.99. The summed E-state index contributed by atoms with van der Waals surface area (Å²) < 4.78 is 0. The van der Waals surface area contributed by atoms with E-state index < -0.39 is 0 Å². The van der Waals surface area contributed by atoms with Gasteiger partial charge in [-0.3, -0.25) is 11.3 Å². The van der Waals surface area contributed by atoms with Gasteiger partial charge in [-0.2, -0.15) is 11.8 Å². The Labute approximate surface area is 127 Å². The van der Waals surface area contributed by atoms with Crippen LogP contribution >= 0.6 is 11.8 Å². The third-order valence-electron chi connectivity index (χ3n) is 4.39. The van der Waals surface area contributed by atoms with Crippen LogP contribution in [0.2, 0.25) is 0 Å². The lowest BCUT2D eigenvalue weighted by molar-refractivity contribution is 0.214. The molecule has 2 atom stereocenters. The molecule has 0 amide bonds. The lowest BCUT2D eigenvalue weighted by atomic mass is 9.92. The van der Waals surface area contributed by atoms with Gasteiger partial charge in [-0.25, -0.2) is 0 Å². The Hall–Kier alpha value is -0.550. The van der Waals surface area contributed by atoms with Gasteiger partial charge < -0.3 is 4.90 Å². The van der Waals surface area contributed by atoms with Gasteiger partial charge in [0.25, 0.3) is 0 Å². The molecule has 3 nitrogen and oxygen atoms in total. The maximum absolute atomic E-state index is 5.86. The van der Waals surface area contributed by atoms with Gasteiger partial charge in [-0.1, -0.05) is 17.7 Å². The van der Waals surface area contributed by atoms with Crippen LogP contribution in [0.4, 0.5) is 0 Å². The Morgan fingerprint density at radius 2 is 2.00 bits per heavy atom. The molecule has 3 N–H and O–H groups in total. The average Bonchev–Trinajstić information content (AvgIpc) is 2.39. The Morgan fingerprint density at radius 1 is 1.35 bits per heavy atom. The molecule has 1 aromatic rings. The number of aryl methyl sites for hydroxylation is 3. The zero-order chi connectivity index (χ0) is 14.7. The zero-order valence-electron chi connectivity index (χ0n) is 13.1. The van der Waals surface area contributed by atoms with E-state index >= 15 is 0 Å². The molecule has 0 radical (unpaired) electrons. The van der Waals surface area contributed by atoms with Gasteiger partial charge in [0.15, 0.2) is 0 Å². The predicted octanol–water partition coefficient (Wildman–Crippen LogP) is 2.03. The van der Waals surface area contributed by atoms with Crippen LogP contribution in [0.25, 0.3) is 0 Å². The summed E-state index contributed by atoms with van der Waals surface area (Å²) in [5, 5.41) is 0. The third kappa shape index (κ3) is 3.55. The summed E-state index contributed by atoms with van der Waals surface area (Å²) in [5.41, 5.74) is 8.62. The summed E-state index contributed by atoms with van der Waals surface area (Å²) in [6.45, 7) is 7.73. The van der Waals surface area contributed by atoms with E-state index in [0.29, 0.717) is 12.1 Å². The molecule has 4 heteroatoms. The van der Waals surface area contributed by atoms with Gasteiger partial charge in [0.05, 0.1) is 0 Å². The van der Waals surface area contributed by atoms with Crippen molar-refractivity contribution in [1.82, 2.24) is 10.3 Å². The highest BCUT2D eigenvalue weighted by Crippen LogP contribution is 2.23. The first-order chi connectivity index (χ1) is 9.52. The minimum atomic E-state index is 0.313. The molecule has 2 rings (SSSR count). The Bertz CT molecular complexity index is 438. The van der Waals surface area contributed by atoms with E-state index in [1.807, 2.05) is 11.8 Å². The zero-order valence-corrected chi connectivity index (χ0v) is 13.9. The summed E-state index contributed by atoms with van der Waals surface area (Å²) >= 11 is 2.03. The van der Waals surface area contributed by atoms with Gasteiger partial charge >= 0.3 is 0 Å². The van der Waals surface area contributed by atoms with Gasteiger partial charge in [0, 0.05) is 30.1 Å². The van der Waals surface area contributed by atoms with Gasteiger partial charge in [0.1, 0.15) is 0 Å². The van der Waals surface area contributed by atoms with Crippen LogP contribution in [-0.4, -0.2) is 42.1 Å². The highest BCUT2D eigenvalue weighted by atomic mass is 32.2. The first kappa shape index (κ1) is 15.8. The number of thioether (sulfide) groups is 1. The van der Waals surface area contributed by atoms with E-state index in [-0.39, 0.29) is 0 Å². The van der Waals surface area contributed by atoms with Crippen LogP contribution in [0.1, 0.15) is 22.3 Å². The molecule has 112 valence electrons. The van der Waals surface area contributed by atoms with Crippen molar-refractivity contribution in [3.8, 4) is 0 Å². The summed E-state index contributed by atoms with van der Waals surface area (Å²) in [4.78, 5) is 2.44. The lowest BCUT2D eigenvalue weighted by Gasteiger charge is -2.38. The van der Waals surface area contributed by atoms with E-state index in [1.54, 1.807) is 0 Å². The Balaban J connectivity index is 2.18. The molecule has 0 saturated carbocycles. The number of hydrogen-bond donors (Lipinski definition) is 2. The molecular formula is C16H27N3S. The number of hydrogen-bond acceptors (Lipinski definition) is 4. The molecule has 2 unspecified atom stereocenters. The molecule has 1 saturated heterocycles. The minimum absolute atomic E-state index is 0.313. The topological polar surface area (TPSA) is 41.3 Å². The number of nitrogens with two attached hydrogens (primary N) is 1. The van der Waals surface area contributed by atoms with E-state index in [1.165, 1.54) is 28.0 Å². The van der Waals surface area contributed by atoms with Crippen molar-refractivity contribution in [2.75, 3.05) is 25.1 Å². The summed E-state index contributed by atoms with van der Waals surface area (Å²) in [5.74, 6) is 8.25. The highest BCUT2D eigenvalue weighted by Gasteiger charge is 2.28. The van der Waals surface area contributed by atoms with E-state index in [0.717, 1.165) is 18.7 Å². The quantitative estimate of drug-likeness (QED) is 0.658. The fourth-order valence-electron chi connectivity index (χ4n) is 3.19. The number of likely N-dealkylation sites (N-methyl/N-ethyl adjacent to an activating group) is 1. The van der Waals surface area contributed by atoms with Crippen LogP contribution in [-0.2, 0) is 6.42 Å². The summed E-state index contributed by atoms with van der Waals surface area (Å²) in [6, 6.07) is 5.37. The first-order valence-corrected chi connectivity index (χ1v) is 8.49. The molecule has 1 aromatic carbocycles. The maximum Gasteiger partial charge on any atom is 0.0414 e. The maximum atomic E-state index is 5.86. The standard InChI is InChI=1S/C16H27N3S/c1-11-7-12(2)14(13(3)8-11)9-15(18-17)16-10-20-6-5-19(16)4/h7-8,15-16,18H,5-6,9-10,17H2,1-4H3. The Kier molecular flexibility index (Phi) is 5.49. The smallest absolute Gasteiger partial charge is 0.0414 e. The number of nitrogens with one attached hydrogen (secondary N) is 1. The third-order valence-corrected chi connectivity index (χ3v) is 5.43. The lowest BCUT2D eigenvalue weighted by Crippen LogP contribution is -2.55. The minimum Gasteiger partial charge on any atom is -0.300 e. The molecule has 0 aromatic heterocycles. The predicted molar refractivity (Wildman–Crippen MR) is 89.2 cm³/mol. The summed E-state index contributed by atoms with van der Waals surface area (Å²) in [6.07, 6.45) is 1.00. The van der Waals surface area contributed by atoms with Crippen molar-refractivity contribution < 1.29 is 0 Å². The number of rotatable bonds is 4. The second kappa shape index (κ2) is 6.94. The largest absolute Gasteiger partial charge is 0.300 e. The normalized spacial score (nSPS) is 21.9. The molecule has 0 bridgehead atoms. The van der Waals surface area contributed by atoms with Gasteiger partial charge in [-0.15, -0.1) is 0 Å². The monoisotopic (exact) mass is 293 g/mol. The van der Waals surface area contributed by atoms with E-state index in [4.69, 9.17) is 5.84 Å². The molecule has 0 spiro atoms. The van der Waals surface area contributed by atoms with Crippen molar-refractivity contribution in [3.05, 3.63) is 34.4 Å². The van der Waals surface area contributed by atoms with Gasteiger partial charge in [-0.05, 0) is 50.9 Å². The molecular weight excluding hydrogens is 266 g/mol. The number of hydrazine groups is 1. The molecule has 1 fully saturated rings. The molecule has 1 aliphatic heterocycles. The van der Waals surface area contributed by atoms with Gasteiger partial charge in [0.2, 0.25) is 0 Å². The second-order valence-corrected chi connectivity index (χ2v) is 7.13. The SMILES string of the molecule is Cc1cc(C)c(CC(NN)C2CSCCN2C)c(C)c1. The molecule has 1 heterocycles. The fourth-order valence-corrected chi connectivity index (χ4v) is 4.50. The molecule has 1 aliphatic rings. The average molecular weight is 293 g/mol.